The van der Waals surface area contributed by atoms with Crippen LogP contribution in [0.1, 0.15) is 32.6 Å². The lowest BCUT2D eigenvalue weighted by molar-refractivity contribution is 0.177. The predicted octanol–water partition coefficient (Wildman–Crippen LogP) is 1.76. The van der Waals surface area contributed by atoms with Crippen LogP contribution in [0.4, 0.5) is 16.6 Å². The lowest BCUT2D eigenvalue weighted by Crippen LogP contribution is -2.37. The summed E-state index contributed by atoms with van der Waals surface area (Å²) < 4.78 is 6.86. The van der Waals surface area contributed by atoms with E-state index in [1.165, 1.54) is 6.33 Å². The quantitative estimate of drug-likeness (QED) is 0.891. The maximum atomic E-state index is 12.1. The zero-order chi connectivity index (χ0) is 17.3. The maximum absolute atomic E-state index is 12.1. The summed E-state index contributed by atoms with van der Waals surface area (Å²) in [6, 6.07) is 1.55. The molecule has 24 heavy (non-hydrogen) atoms. The van der Waals surface area contributed by atoms with Gasteiger partial charge in [-0.05, 0) is 18.9 Å². The van der Waals surface area contributed by atoms with Gasteiger partial charge >= 0.3 is 6.09 Å². The van der Waals surface area contributed by atoms with Crippen LogP contribution < -0.4 is 10.2 Å². The Kier molecular flexibility index (Phi) is 4.32. The van der Waals surface area contributed by atoms with Crippen molar-refractivity contribution in [3.05, 3.63) is 24.4 Å². The van der Waals surface area contributed by atoms with Crippen molar-refractivity contribution in [1.29, 1.82) is 0 Å². The van der Waals surface area contributed by atoms with Gasteiger partial charge in [0.05, 0.1) is 12.1 Å². The van der Waals surface area contributed by atoms with Gasteiger partial charge in [0.25, 0.3) is 0 Å². The molecule has 1 N–H and O–H groups in total. The fraction of sp³-hybridized carbons (Fsp3) is 0.533. The topological polar surface area (TPSA) is 98.1 Å². The van der Waals surface area contributed by atoms with Crippen LogP contribution in [0.5, 0.6) is 0 Å². The SMILES string of the molecule is CC(C)[C@H]1COC(=O)N1c1ccnc(N[C@@H](C)c2ncnn2C)n1. The molecule has 0 radical (unpaired) electrons. The van der Waals surface area contributed by atoms with E-state index < -0.39 is 0 Å². The van der Waals surface area contributed by atoms with Crippen LogP contribution in [-0.2, 0) is 11.8 Å². The zero-order valence-electron chi connectivity index (χ0n) is 14.2. The normalized spacial score (nSPS) is 18.8. The summed E-state index contributed by atoms with van der Waals surface area (Å²) in [4.78, 5) is 26.5. The molecule has 9 heteroatoms. The first kappa shape index (κ1) is 16.2. The standard InChI is InChI=1S/C15H21N7O2/c1-9(2)11-7-24-15(23)22(11)12-5-6-16-14(20-12)19-10(3)13-17-8-18-21(13)4/h5-6,8-11H,7H2,1-4H3,(H,16,19,20)/t10-,11+/m0/s1. The second-order valence-corrected chi connectivity index (χ2v) is 6.10. The summed E-state index contributed by atoms with van der Waals surface area (Å²) in [5.41, 5.74) is 0. The van der Waals surface area contributed by atoms with E-state index in [1.807, 2.05) is 14.0 Å². The Hall–Kier alpha value is -2.71. The molecular weight excluding hydrogens is 310 g/mol. The highest BCUT2D eigenvalue weighted by molar-refractivity contribution is 5.89. The third-order valence-electron chi connectivity index (χ3n) is 4.04. The minimum absolute atomic E-state index is 0.0311. The van der Waals surface area contributed by atoms with Crippen LogP contribution in [0.25, 0.3) is 0 Å². The van der Waals surface area contributed by atoms with Crippen LogP contribution >= 0.6 is 0 Å². The summed E-state index contributed by atoms with van der Waals surface area (Å²) >= 11 is 0. The summed E-state index contributed by atoms with van der Waals surface area (Å²) in [6.45, 7) is 6.42. The van der Waals surface area contributed by atoms with Crippen molar-refractivity contribution in [1.82, 2.24) is 24.7 Å². The van der Waals surface area contributed by atoms with Crippen molar-refractivity contribution in [3.8, 4) is 0 Å². The average molecular weight is 331 g/mol. The number of cyclic esters (lactones) is 1. The molecule has 0 aliphatic carbocycles. The van der Waals surface area contributed by atoms with E-state index in [2.05, 4.69) is 39.2 Å². The molecular formula is C15H21N7O2. The van der Waals surface area contributed by atoms with Gasteiger partial charge in [-0.15, -0.1) is 0 Å². The summed E-state index contributed by atoms with van der Waals surface area (Å²) in [7, 11) is 1.82. The number of rotatable bonds is 5. The Labute approximate surface area is 140 Å². The van der Waals surface area contributed by atoms with Crippen LogP contribution in [0.3, 0.4) is 0 Å². The van der Waals surface area contributed by atoms with Gasteiger partial charge in [0, 0.05) is 13.2 Å². The zero-order valence-corrected chi connectivity index (χ0v) is 14.2. The summed E-state index contributed by atoms with van der Waals surface area (Å²) in [5, 5.41) is 7.24. The molecule has 1 fully saturated rings. The largest absolute Gasteiger partial charge is 0.447 e. The van der Waals surface area contributed by atoms with Crippen LogP contribution in [0.15, 0.2) is 18.6 Å². The predicted molar refractivity (Wildman–Crippen MR) is 87.5 cm³/mol. The van der Waals surface area contributed by atoms with Gasteiger partial charge in [0.2, 0.25) is 5.95 Å². The highest BCUT2D eigenvalue weighted by atomic mass is 16.6. The molecule has 2 atom stereocenters. The number of ether oxygens (including phenoxy) is 1. The Morgan fingerprint density at radius 1 is 1.33 bits per heavy atom. The molecule has 1 aliphatic rings. The molecule has 1 saturated heterocycles. The molecule has 0 saturated carbocycles. The van der Waals surface area contributed by atoms with Crippen LogP contribution in [0, 0.1) is 5.92 Å². The lowest BCUT2D eigenvalue weighted by atomic mass is 10.0. The molecule has 0 spiro atoms. The van der Waals surface area contributed by atoms with Gasteiger partial charge in [0.15, 0.2) is 0 Å². The Balaban J connectivity index is 1.81. The highest BCUT2D eigenvalue weighted by Crippen LogP contribution is 2.26. The number of aryl methyl sites for hydroxylation is 1. The van der Waals surface area contributed by atoms with Crippen molar-refractivity contribution in [2.45, 2.75) is 32.9 Å². The molecule has 0 aromatic carbocycles. The first-order valence-electron chi connectivity index (χ1n) is 7.87. The van der Waals surface area contributed by atoms with Crippen LogP contribution in [-0.4, -0.2) is 43.5 Å². The Morgan fingerprint density at radius 2 is 2.12 bits per heavy atom. The number of anilines is 2. The monoisotopic (exact) mass is 331 g/mol. The molecule has 2 aromatic heterocycles. The van der Waals surface area contributed by atoms with E-state index in [4.69, 9.17) is 4.74 Å². The van der Waals surface area contributed by atoms with E-state index in [1.54, 1.807) is 21.8 Å². The first-order chi connectivity index (χ1) is 11.5. The number of hydrogen-bond acceptors (Lipinski definition) is 7. The van der Waals surface area contributed by atoms with E-state index in [0.717, 1.165) is 5.82 Å². The van der Waals surface area contributed by atoms with Gasteiger partial charge in [-0.1, -0.05) is 13.8 Å². The summed E-state index contributed by atoms with van der Waals surface area (Å²) in [5.74, 6) is 1.98. The maximum Gasteiger partial charge on any atom is 0.415 e. The van der Waals surface area contributed by atoms with Crippen molar-refractivity contribution in [3.63, 3.8) is 0 Å². The first-order valence-corrected chi connectivity index (χ1v) is 7.87. The second-order valence-electron chi connectivity index (χ2n) is 6.10. The molecule has 3 heterocycles. The van der Waals surface area contributed by atoms with Crippen molar-refractivity contribution in [2.75, 3.05) is 16.8 Å². The lowest BCUT2D eigenvalue weighted by Gasteiger charge is -2.23. The van der Waals surface area contributed by atoms with Crippen LogP contribution in [0.2, 0.25) is 0 Å². The average Bonchev–Trinajstić information content (AvgIpc) is 3.13. The van der Waals surface area contributed by atoms with Gasteiger partial charge in [-0.3, -0.25) is 9.58 Å². The molecule has 3 rings (SSSR count). The van der Waals surface area contributed by atoms with Gasteiger partial charge in [-0.25, -0.2) is 14.8 Å². The van der Waals surface area contributed by atoms with E-state index in [-0.39, 0.29) is 24.1 Å². The number of amides is 1. The van der Waals surface area contributed by atoms with Crippen molar-refractivity contribution in [2.24, 2.45) is 13.0 Å². The number of aromatic nitrogens is 5. The number of carbonyl (C=O) groups is 1. The minimum Gasteiger partial charge on any atom is -0.447 e. The smallest absolute Gasteiger partial charge is 0.415 e. The fourth-order valence-electron chi connectivity index (χ4n) is 2.70. The summed E-state index contributed by atoms with van der Waals surface area (Å²) in [6.07, 6.45) is 2.75. The van der Waals surface area contributed by atoms with Gasteiger partial charge in [0.1, 0.15) is 24.6 Å². The number of carbonyl (C=O) groups excluding carboxylic acids is 1. The van der Waals surface area contributed by atoms with Gasteiger partial charge < -0.3 is 10.1 Å². The highest BCUT2D eigenvalue weighted by Gasteiger charge is 2.37. The van der Waals surface area contributed by atoms with E-state index >= 15 is 0 Å². The molecule has 0 unspecified atom stereocenters. The number of nitrogens with one attached hydrogen (secondary N) is 1. The van der Waals surface area contributed by atoms with Crippen molar-refractivity contribution >= 4 is 17.9 Å². The number of nitrogens with zero attached hydrogens (tertiary/aromatic N) is 6. The van der Waals surface area contributed by atoms with Crippen molar-refractivity contribution < 1.29 is 9.53 Å². The third-order valence-corrected chi connectivity index (χ3v) is 4.04. The van der Waals surface area contributed by atoms with E-state index in [0.29, 0.717) is 18.4 Å². The van der Waals surface area contributed by atoms with E-state index in [9.17, 15) is 4.79 Å². The number of hydrogen-bond donors (Lipinski definition) is 1. The molecule has 1 amide bonds. The molecule has 1 aliphatic heterocycles. The fourth-order valence-corrected chi connectivity index (χ4v) is 2.70. The second kappa shape index (κ2) is 6.42. The molecule has 2 aromatic rings. The molecule has 9 nitrogen and oxygen atoms in total. The Bertz CT molecular complexity index is 730. The molecule has 0 bridgehead atoms. The molecule has 128 valence electrons. The minimum atomic E-state index is -0.375. The Morgan fingerprint density at radius 3 is 2.79 bits per heavy atom. The van der Waals surface area contributed by atoms with Gasteiger partial charge in [-0.2, -0.15) is 10.1 Å². The third kappa shape index (κ3) is 3.01.